The van der Waals surface area contributed by atoms with E-state index in [1.54, 1.807) is 11.8 Å². The van der Waals surface area contributed by atoms with Gasteiger partial charge < -0.3 is 9.64 Å². The van der Waals surface area contributed by atoms with E-state index in [4.69, 9.17) is 16.3 Å². The molecule has 0 aliphatic carbocycles. The van der Waals surface area contributed by atoms with E-state index in [1.165, 1.54) is 0 Å². The summed E-state index contributed by atoms with van der Waals surface area (Å²) in [6.07, 6.45) is -0.105. The Kier molecular flexibility index (Phi) is 3.46. The highest BCUT2D eigenvalue weighted by Gasteiger charge is 2.24. The fourth-order valence-corrected chi connectivity index (χ4v) is 2.12. The molecule has 0 N–H and O–H groups in total. The van der Waals surface area contributed by atoms with Gasteiger partial charge in [0.2, 0.25) is 5.91 Å². The fraction of sp³-hybridized carbons (Fsp3) is 0.417. The van der Waals surface area contributed by atoms with Gasteiger partial charge in [0, 0.05) is 24.1 Å². The summed E-state index contributed by atoms with van der Waals surface area (Å²) in [5.41, 5.74) is 0.954. The third-order valence-corrected chi connectivity index (χ3v) is 3.11. The molecule has 0 aromatic heterocycles. The van der Waals surface area contributed by atoms with E-state index < -0.39 is 0 Å². The van der Waals surface area contributed by atoms with E-state index in [-0.39, 0.29) is 12.0 Å². The van der Waals surface area contributed by atoms with E-state index in [0.29, 0.717) is 24.7 Å². The fourth-order valence-electron chi connectivity index (χ4n) is 1.86. The number of benzene rings is 1. The summed E-state index contributed by atoms with van der Waals surface area (Å²) in [6.45, 7) is 3.39. The van der Waals surface area contributed by atoms with Crippen LogP contribution in [0, 0.1) is 0 Å². The quantitative estimate of drug-likeness (QED) is 0.753. The highest BCUT2D eigenvalue weighted by Crippen LogP contribution is 2.28. The smallest absolute Gasteiger partial charge is 0.219 e. The number of nitrogens with zero attached hydrogens (tertiary/aromatic N) is 1. The summed E-state index contributed by atoms with van der Waals surface area (Å²) >= 11 is 6.10. The molecule has 0 unspecified atom stereocenters. The van der Waals surface area contributed by atoms with Crippen molar-refractivity contribution >= 4 is 17.5 Å². The first-order chi connectivity index (χ1) is 7.68. The Balaban J connectivity index is 2.16. The van der Waals surface area contributed by atoms with E-state index in [9.17, 15) is 4.79 Å². The Labute approximate surface area is 100.0 Å². The summed E-state index contributed by atoms with van der Waals surface area (Å²) in [4.78, 5) is 13.1. The van der Waals surface area contributed by atoms with Crippen LogP contribution in [-0.4, -0.2) is 30.5 Å². The van der Waals surface area contributed by atoms with Crippen molar-refractivity contribution in [2.45, 2.75) is 13.0 Å². The van der Waals surface area contributed by atoms with Gasteiger partial charge in [-0.05, 0) is 6.07 Å². The molecule has 1 heterocycles. The first-order valence-electron chi connectivity index (χ1n) is 5.30. The zero-order valence-corrected chi connectivity index (χ0v) is 9.91. The lowest BCUT2D eigenvalue weighted by atomic mass is 10.1. The Morgan fingerprint density at radius 3 is 2.94 bits per heavy atom. The molecule has 1 aliphatic heterocycles. The van der Waals surface area contributed by atoms with Crippen molar-refractivity contribution in [3.63, 3.8) is 0 Å². The minimum Gasteiger partial charge on any atom is -0.370 e. The number of hydrogen-bond acceptors (Lipinski definition) is 2. The summed E-state index contributed by atoms with van der Waals surface area (Å²) < 4.78 is 5.65. The highest BCUT2D eigenvalue weighted by atomic mass is 35.5. The maximum absolute atomic E-state index is 11.3. The van der Waals surface area contributed by atoms with Crippen LogP contribution in [0.25, 0.3) is 0 Å². The highest BCUT2D eigenvalue weighted by molar-refractivity contribution is 6.31. The van der Waals surface area contributed by atoms with Crippen LogP contribution in [0.3, 0.4) is 0 Å². The second-order valence-corrected chi connectivity index (χ2v) is 4.25. The van der Waals surface area contributed by atoms with Crippen molar-refractivity contribution in [3.05, 3.63) is 34.9 Å². The third-order valence-electron chi connectivity index (χ3n) is 2.76. The van der Waals surface area contributed by atoms with Gasteiger partial charge in [-0.1, -0.05) is 29.8 Å². The molecule has 3 nitrogen and oxygen atoms in total. The van der Waals surface area contributed by atoms with Crippen LogP contribution in [0.4, 0.5) is 0 Å². The standard InChI is InChI=1S/C12H14ClNO2/c1-9(15)14-6-7-16-12(8-14)10-4-2-3-5-11(10)13/h2-5,12H,6-8H2,1H3/t12-/m1/s1. The second kappa shape index (κ2) is 4.85. The molecule has 4 heteroatoms. The van der Waals surface area contributed by atoms with Gasteiger partial charge in [0.25, 0.3) is 0 Å². The number of amides is 1. The Morgan fingerprint density at radius 2 is 2.25 bits per heavy atom. The van der Waals surface area contributed by atoms with E-state index in [2.05, 4.69) is 0 Å². The second-order valence-electron chi connectivity index (χ2n) is 3.85. The lowest BCUT2D eigenvalue weighted by Gasteiger charge is -2.32. The molecule has 1 aliphatic rings. The van der Waals surface area contributed by atoms with Crippen molar-refractivity contribution in [3.8, 4) is 0 Å². The maximum atomic E-state index is 11.3. The number of morpholine rings is 1. The average Bonchev–Trinajstić information content (AvgIpc) is 2.30. The van der Waals surface area contributed by atoms with Crippen molar-refractivity contribution in [1.29, 1.82) is 0 Å². The Bertz CT molecular complexity index is 394. The molecule has 0 spiro atoms. The van der Waals surface area contributed by atoms with Crippen molar-refractivity contribution in [2.75, 3.05) is 19.7 Å². The van der Waals surface area contributed by atoms with Gasteiger partial charge in [0.15, 0.2) is 0 Å². The first kappa shape index (κ1) is 11.4. The number of carbonyl (C=O) groups is 1. The molecule has 1 aromatic carbocycles. The molecule has 1 amide bonds. The zero-order chi connectivity index (χ0) is 11.5. The van der Waals surface area contributed by atoms with Crippen LogP contribution in [-0.2, 0) is 9.53 Å². The van der Waals surface area contributed by atoms with Crippen LogP contribution >= 0.6 is 11.6 Å². The van der Waals surface area contributed by atoms with Crippen LogP contribution in [0.2, 0.25) is 5.02 Å². The summed E-state index contributed by atoms with van der Waals surface area (Å²) in [5.74, 6) is 0.0837. The predicted molar refractivity (Wildman–Crippen MR) is 62.4 cm³/mol. The molecule has 0 radical (unpaired) electrons. The molecule has 1 atom stereocenters. The summed E-state index contributed by atoms with van der Waals surface area (Å²) in [7, 11) is 0. The summed E-state index contributed by atoms with van der Waals surface area (Å²) in [6, 6.07) is 7.60. The monoisotopic (exact) mass is 239 g/mol. The molecule has 1 saturated heterocycles. The number of halogens is 1. The molecular weight excluding hydrogens is 226 g/mol. The molecule has 0 saturated carbocycles. The van der Waals surface area contributed by atoms with Gasteiger partial charge in [-0.25, -0.2) is 0 Å². The van der Waals surface area contributed by atoms with Gasteiger partial charge in [0.05, 0.1) is 13.2 Å². The molecule has 2 rings (SSSR count). The van der Waals surface area contributed by atoms with Gasteiger partial charge in [-0.15, -0.1) is 0 Å². The number of rotatable bonds is 1. The number of ether oxygens (including phenoxy) is 1. The molecule has 86 valence electrons. The zero-order valence-electron chi connectivity index (χ0n) is 9.15. The number of carbonyl (C=O) groups excluding carboxylic acids is 1. The van der Waals surface area contributed by atoms with Crippen LogP contribution < -0.4 is 0 Å². The predicted octanol–water partition coefficient (Wildman–Crippen LogP) is 2.26. The van der Waals surface area contributed by atoms with Crippen LogP contribution in [0.5, 0.6) is 0 Å². The third kappa shape index (κ3) is 2.36. The summed E-state index contributed by atoms with van der Waals surface area (Å²) in [5, 5.41) is 0.693. The number of hydrogen-bond donors (Lipinski definition) is 0. The molecule has 1 fully saturated rings. The van der Waals surface area contributed by atoms with Crippen molar-refractivity contribution in [2.24, 2.45) is 0 Å². The first-order valence-corrected chi connectivity index (χ1v) is 5.68. The topological polar surface area (TPSA) is 29.5 Å². The van der Waals surface area contributed by atoms with E-state index in [1.807, 2.05) is 24.3 Å². The van der Waals surface area contributed by atoms with Gasteiger partial charge in [-0.2, -0.15) is 0 Å². The largest absolute Gasteiger partial charge is 0.370 e. The Hall–Kier alpha value is -1.06. The molecular formula is C12H14ClNO2. The normalized spacial score (nSPS) is 20.9. The maximum Gasteiger partial charge on any atom is 0.219 e. The molecule has 16 heavy (non-hydrogen) atoms. The van der Waals surface area contributed by atoms with Crippen LogP contribution in [0.15, 0.2) is 24.3 Å². The minimum atomic E-state index is -0.105. The minimum absolute atomic E-state index is 0.0837. The van der Waals surface area contributed by atoms with Gasteiger partial charge in [-0.3, -0.25) is 4.79 Å². The van der Waals surface area contributed by atoms with Gasteiger partial charge in [0.1, 0.15) is 6.10 Å². The van der Waals surface area contributed by atoms with Crippen molar-refractivity contribution in [1.82, 2.24) is 4.90 Å². The van der Waals surface area contributed by atoms with Crippen molar-refractivity contribution < 1.29 is 9.53 Å². The lowest BCUT2D eigenvalue weighted by Crippen LogP contribution is -2.41. The SMILES string of the molecule is CC(=O)N1CCO[C@@H](c2ccccc2Cl)C1. The molecule has 1 aromatic rings. The van der Waals surface area contributed by atoms with Gasteiger partial charge >= 0.3 is 0 Å². The van der Waals surface area contributed by atoms with E-state index >= 15 is 0 Å². The average molecular weight is 240 g/mol. The van der Waals surface area contributed by atoms with Crippen LogP contribution in [0.1, 0.15) is 18.6 Å². The lowest BCUT2D eigenvalue weighted by molar-refractivity contribution is -0.136. The molecule has 0 bridgehead atoms. The Morgan fingerprint density at radius 1 is 1.50 bits per heavy atom. The van der Waals surface area contributed by atoms with E-state index in [0.717, 1.165) is 5.56 Å².